The topological polar surface area (TPSA) is 27.7 Å². The van der Waals surface area contributed by atoms with Gasteiger partial charge in [0.15, 0.2) is 0 Å². The van der Waals surface area contributed by atoms with Crippen molar-refractivity contribution in [3.63, 3.8) is 0 Å². The van der Waals surface area contributed by atoms with E-state index in [9.17, 15) is 0 Å². The zero-order valence-electron chi connectivity index (χ0n) is 26.1. The van der Waals surface area contributed by atoms with Gasteiger partial charge in [0.1, 0.15) is 0 Å². The van der Waals surface area contributed by atoms with E-state index in [1.165, 1.54) is 12.8 Å². The van der Waals surface area contributed by atoms with E-state index in [1.807, 2.05) is 0 Å². The van der Waals surface area contributed by atoms with E-state index >= 15 is 0 Å². The summed E-state index contributed by atoms with van der Waals surface area (Å²) in [5.41, 5.74) is 0.380. The molecule has 3 heteroatoms. The van der Waals surface area contributed by atoms with Crippen molar-refractivity contribution in [1.29, 1.82) is 0 Å². The lowest BCUT2D eigenvalue weighted by Gasteiger charge is -2.52. The highest BCUT2D eigenvalue weighted by Gasteiger charge is 2.52. The Morgan fingerprint density at radius 1 is 0.590 bits per heavy atom. The van der Waals surface area contributed by atoms with Crippen LogP contribution in [0.25, 0.3) is 0 Å². The van der Waals surface area contributed by atoms with Crippen molar-refractivity contribution in [1.82, 2.24) is 0 Å². The summed E-state index contributed by atoms with van der Waals surface area (Å²) in [5, 5.41) is 0. The van der Waals surface area contributed by atoms with Gasteiger partial charge in [-0.2, -0.15) is 0 Å². The van der Waals surface area contributed by atoms with Crippen molar-refractivity contribution in [2.75, 3.05) is 19.8 Å². The summed E-state index contributed by atoms with van der Waals surface area (Å²) in [6, 6.07) is 0. The molecule has 0 amide bonds. The molecule has 220 valence electrons. The number of ether oxygens (including phenoxy) is 3. The van der Waals surface area contributed by atoms with E-state index in [0.717, 1.165) is 77.6 Å². The molecule has 0 spiro atoms. The van der Waals surface area contributed by atoms with Crippen LogP contribution >= 0.6 is 0 Å². The molecule has 0 aromatic rings. The Morgan fingerprint density at radius 2 is 1.00 bits per heavy atom. The van der Waals surface area contributed by atoms with Gasteiger partial charge >= 0.3 is 0 Å². The average Bonchev–Trinajstić information content (AvgIpc) is 2.87. The molecule has 0 atom stereocenters. The molecule has 0 aromatic carbocycles. The molecule has 3 saturated heterocycles. The molecule has 0 N–H and O–H groups in total. The zero-order valence-corrected chi connectivity index (χ0v) is 26.1. The normalized spacial score (nSPS) is 24.8. The molecular formula is C36H58O3. The van der Waals surface area contributed by atoms with Crippen LogP contribution in [0.1, 0.15) is 112 Å². The summed E-state index contributed by atoms with van der Waals surface area (Å²) in [6.07, 6.45) is 38.8. The lowest BCUT2D eigenvalue weighted by atomic mass is 9.70. The minimum atomic E-state index is -0.830. The molecular weight excluding hydrogens is 480 g/mol. The summed E-state index contributed by atoms with van der Waals surface area (Å²) >= 11 is 0. The molecule has 3 nitrogen and oxygen atoms in total. The first kappa shape index (κ1) is 33.5. The van der Waals surface area contributed by atoms with Gasteiger partial charge in [0.25, 0.3) is 5.97 Å². The number of hydrogen-bond donors (Lipinski definition) is 0. The van der Waals surface area contributed by atoms with Crippen LogP contribution in [0.4, 0.5) is 0 Å². The maximum absolute atomic E-state index is 6.05. The second-order valence-electron chi connectivity index (χ2n) is 13.3. The predicted molar refractivity (Wildman–Crippen MR) is 168 cm³/mol. The van der Waals surface area contributed by atoms with Crippen LogP contribution in [0.5, 0.6) is 0 Å². The van der Waals surface area contributed by atoms with Gasteiger partial charge in [-0.05, 0) is 75.0 Å². The van der Waals surface area contributed by atoms with Crippen molar-refractivity contribution in [2.24, 2.45) is 16.2 Å². The van der Waals surface area contributed by atoms with Crippen molar-refractivity contribution < 1.29 is 14.2 Å². The molecule has 0 unspecified atom stereocenters. The van der Waals surface area contributed by atoms with Gasteiger partial charge in [0, 0.05) is 11.8 Å². The molecule has 3 aliphatic rings. The molecule has 0 saturated carbocycles. The highest BCUT2D eigenvalue weighted by Crippen LogP contribution is 2.47. The Kier molecular flexibility index (Phi) is 14.8. The van der Waals surface area contributed by atoms with Crippen LogP contribution in [0.15, 0.2) is 72.9 Å². The third-order valence-corrected chi connectivity index (χ3v) is 7.39. The monoisotopic (exact) mass is 538 g/mol. The second kappa shape index (κ2) is 17.2. The second-order valence-corrected chi connectivity index (χ2v) is 13.3. The third-order valence-electron chi connectivity index (χ3n) is 7.39. The Hall–Kier alpha value is -1.68. The number of hydrogen-bond acceptors (Lipinski definition) is 3. The highest BCUT2D eigenvalue weighted by molar-refractivity contribution is 5.01. The fraction of sp³-hybridized carbons (Fsp3) is 0.667. The maximum Gasteiger partial charge on any atom is 0.283 e. The first-order valence-corrected chi connectivity index (χ1v) is 15.4. The SMILES string of the molecule is CC/C=C\C/C=C\C/C=C\C/C=C\C/C=C\C/C=C\CCCC(C)(C)CC(C)(C)CC12OCC(C)(CO1)CO2. The van der Waals surface area contributed by atoms with E-state index < -0.39 is 5.97 Å². The van der Waals surface area contributed by atoms with Crippen LogP contribution in [0.3, 0.4) is 0 Å². The van der Waals surface area contributed by atoms with E-state index in [0.29, 0.717) is 0 Å². The highest BCUT2D eigenvalue weighted by atomic mass is 16.9. The van der Waals surface area contributed by atoms with Gasteiger partial charge in [-0.3, -0.25) is 0 Å². The number of allylic oxidation sites excluding steroid dienone is 12. The van der Waals surface area contributed by atoms with Crippen LogP contribution < -0.4 is 0 Å². The summed E-state index contributed by atoms with van der Waals surface area (Å²) in [4.78, 5) is 0. The first-order valence-electron chi connectivity index (χ1n) is 15.4. The Balaban J connectivity index is 1.52. The first-order chi connectivity index (χ1) is 18.6. The summed E-state index contributed by atoms with van der Waals surface area (Å²) in [7, 11) is 0. The molecule has 3 aliphatic heterocycles. The summed E-state index contributed by atoms with van der Waals surface area (Å²) in [5.74, 6) is -0.830. The van der Waals surface area contributed by atoms with E-state index in [1.54, 1.807) is 0 Å². The molecule has 0 aliphatic carbocycles. The Morgan fingerprint density at radius 3 is 1.44 bits per heavy atom. The minimum Gasteiger partial charge on any atom is -0.327 e. The lowest BCUT2D eigenvalue weighted by Crippen LogP contribution is -2.60. The van der Waals surface area contributed by atoms with Crippen molar-refractivity contribution in [3.8, 4) is 0 Å². The molecule has 3 rings (SSSR count). The van der Waals surface area contributed by atoms with E-state index in [-0.39, 0.29) is 16.2 Å². The smallest absolute Gasteiger partial charge is 0.283 e. The fourth-order valence-corrected chi connectivity index (χ4v) is 5.63. The Labute approximate surface area is 241 Å². The van der Waals surface area contributed by atoms with Crippen molar-refractivity contribution in [3.05, 3.63) is 72.9 Å². The largest absolute Gasteiger partial charge is 0.327 e. The molecule has 0 aromatic heterocycles. The molecule has 3 fully saturated rings. The minimum absolute atomic E-state index is 0.0203. The van der Waals surface area contributed by atoms with Gasteiger partial charge in [0.05, 0.1) is 19.8 Å². The molecule has 2 bridgehead atoms. The van der Waals surface area contributed by atoms with Crippen LogP contribution in [-0.2, 0) is 14.2 Å². The van der Waals surface area contributed by atoms with Crippen LogP contribution in [0, 0.1) is 16.2 Å². The van der Waals surface area contributed by atoms with Gasteiger partial charge in [0.2, 0.25) is 0 Å². The lowest BCUT2D eigenvalue weighted by molar-refractivity contribution is -0.473. The predicted octanol–water partition coefficient (Wildman–Crippen LogP) is 10.4. The summed E-state index contributed by atoms with van der Waals surface area (Å²) < 4.78 is 18.2. The van der Waals surface area contributed by atoms with Crippen LogP contribution in [-0.4, -0.2) is 25.8 Å². The zero-order chi connectivity index (χ0) is 28.5. The standard InChI is InChI=1S/C36H58O3/c1-7-8-9-10-11-12-13-14-15-16-17-18-19-20-21-22-23-24-25-26-27-33(2,3)28-34(4,5)29-36-37-30-35(6,31-38-36)32-39-36/h8-9,11-12,14-15,17-18,20-21,23-24H,7,10,13,16,19,22,25-32H2,1-6H3/b9-8-,12-11-,15-14-,18-17-,21-20-,24-23-. The van der Waals surface area contributed by atoms with Crippen molar-refractivity contribution >= 4 is 0 Å². The van der Waals surface area contributed by atoms with E-state index in [2.05, 4.69) is 114 Å². The molecule has 0 radical (unpaired) electrons. The fourth-order valence-electron chi connectivity index (χ4n) is 5.63. The maximum atomic E-state index is 6.05. The summed E-state index contributed by atoms with van der Waals surface area (Å²) in [6.45, 7) is 16.0. The molecule has 39 heavy (non-hydrogen) atoms. The Bertz CT molecular complexity index is 828. The quantitative estimate of drug-likeness (QED) is 0.121. The van der Waals surface area contributed by atoms with Gasteiger partial charge in [-0.15, -0.1) is 0 Å². The molecule has 3 heterocycles. The van der Waals surface area contributed by atoms with Gasteiger partial charge in [-0.25, -0.2) is 0 Å². The third kappa shape index (κ3) is 14.5. The number of fused-ring (bicyclic) bond motifs is 3. The van der Waals surface area contributed by atoms with E-state index in [4.69, 9.17) is 14.2 Å². The average molecular weight is 539 g/mol. The van der Waals surface area contributed by atoms with Crippen LogP contribution in [0.2, 0.25) is 0 Å². The number of rotatable bonds is 19. The van der Waals surface area contributed by atoms with Crippen molar-refractivity contribution in [2.45, 2.75) is 118 Å². The number of unbranched alkanes of at least 4 members (excludes halogenated alkanes) is 1. The van der Waals surface area contributed by atoms with Gasteiger partial charge in [-0.1, -0.05) is 114 Å². The van der Waals surface area contributed by atoms with Gasteiger partial charge < -0.3 is 14.2 Å².